The molecule has 1 aliphatic heterocycles. The third-order valence-electron chi connectivity index (χ3n) is 4.11. The van der Waals surface area contributed by atoms with E-state index in [-0.39, 0.29) is 17.9 Å². The molecule has 0 aliphatic carbocycles. The van der Waals surface area contributed by atoms with Gasteiger partial charge in [0.2, 0.25) is 5.82 Å². The molecule has 0 unspecified atom stereocenters. The van der Waals surface area contributed by atoms with Crippen molar-refractivity contribution in [3.8, 4) is 11.9 Å². The van der Waals surface area contributed by atoms with Gasteiger partial charge in [-0.1, -0.05) is 13.0 Å². The SMILES string of the molecule is CCc1ncnc(O[C@H]2CCN(C(=O)c3cccc(C#N)c3)C2)c1F. The van der Waals surface area contributed by atoms with Crippen molar-refractivity contribution in [2.24, 2.45) is 0 Å². The number of aromatic nitrogens is 2. The Morgan fingerprint density at radius 1 is 1.48 bits per heavy atom. The van der Waals surface area contributed by atoms with E-state index in [0.29, 0.717) is 42.8 Å². The number of benzene rings is 1. The number of hydrogen-bond acceptors (Lipinski definition) is 5. The largest absolute Gasteiger partial charge is 0.470 e. The van der Waals surface area contributed by atoms with Crippen LogP contribution < -0.4 is 4.74 Å². The zero-order chi connectivity index (χ0) is 17.8. The van der Waals surface area contributed by atoms with Crippen molar-refractivity contribution in [3.05, 3.63) is 53.2 Å². The van der Waals surface area contributed by atoms with E-state index in [2.05, 4.69) is 9.97 Å². The number of carbonyl (C=O) groups is 1. The van der Waals surface area contributed by atoms with Gasteiger partial charge in [0.1, 0.15) is 12.4 Å². The summed E-state index contributed by atoms with van der Waals surface area (Å²) in [6.07, 6.45) is 2.00. The van der Waals surface area contributed by atoms with Crippen molar-refractivity contribution in [2.75, 3.05) is 13.1 Å². The summed E-state index contributed by atoms with van der Waals surface area (Å²) in [5.74, 6) is -0.783. The normalized spacial score (nSPS) is 16.5. The van der Waals surface area contributed by atoms with Gasteiger partial charge >= 0.3 is 0 Å². The van der Waals surface area contributed by atoms with Crippen LogP contribution in [0.2, 0.25) is 0 Å². The van der Waals surface area contributed by atoms with Gasteiger partial charge in [-0.3, -0.25) is 4.79 Å². The molecule has 0 N–H and O–H groups in total. The van der Waals surface area contributed by atoms with Crippen LogP contribution in [0.1, 0.15) is 35.0 Å². The minimum Gasteiger partial charge on any atom is -0.470 e. The molecule has 1 atom stereocenters. The number of amides is 1. The Kier molecular flexibility index (Phi) is 4.89. The zero-order valence-electron chi connectivity index (χ0n) is 13.8. The number of nitrogens with zero attached hydrogens (tertiary/aromatic N) is 4. The first-order valence-electron chi connectivity index (χ1n) is 8.07. The first-order chi connectivity index (χ1) is 12.1. The van der Waals surface area contributed by atoms with Gasteiger partial charge in [-0.15, -0.1) is 0 Å². The number of halogens is 1. The number of hydrogen-bond donors (Lipinski definition) is 0. The fraction of sp³-hybridized carbons (Fsp3) is 0.333. The lowest BCUT2D eigenvalue weighted by Gasteiger charge is -2.17. The Bertz CT molecular complexity index is 834. The molecule has 0 saturated carbocycles. The average molecular weight is 340 g/mol. The van der Waals surface area contributed by atoms with Crippen LogP contribution in [0, 0.1) is 17.1 Å². The highest BCUT2D eigenvalue weighted by molar-refractivity contribution is 5.94. The maximum Gasteiger partial charge on any atom is 0.254 e. The zero-order valence-corrected chi connectivity index (χ0v) is 13.8. The first-order valence-corrected chi connectivity index (χ1v) is 8.07. The molecule has 3 rings (SSSR count). The number of rotatable bonds is 4. The fourth-order valence-corrected chi connectivity index (χ4v) is 2.79. The Labute approximate surface area is 144 Å². The van der Waals surface area contributed by atoms with Gasteiger partial charge in [-0.2, -0.15) is 14.6 Å². The van der Waals surface area contributed by atoms with Crippen LogP contribution in [0.25, 0.3) is 0 Å². The number of aryl methyl sites for hydroxylation is 1. The predicted molar refractivity (Wildman–Crippen MR) is 87.5 cm³/mol. The van der Waals surface area contributed by atoms with Gasteiger partial charge < -0.3 is 9.64 Å². The van der Waals surface area contributed by atoms with E-state index in [9.17, 15) is 9.18 Å². The molecule has 1 aromatic carbocycles. The molecule has 1 amide bonds. The predicted octanol–water partition coefficient (Wildman–Crippen LogP) is 2.34. The molecule has 2 aromatic rings. The molecule has 6 nitrogen and oxygen atoms in total. The highest BCUT2D eigenvalue weighted by Gasteiger charge is 2.29. The van der Waals surface area contributed by atoms with Crippen LogP contribution in [-0.2, 0) is 6.42 Å². The molecule has 0 spiro atoms. The van der Waals surface area contributed by atoms with Crippen molar-refractivity contribution < 1.29 is 13.9 Å². The second-order valence-electron chi connectivity index (χ2n) is 5.77. The lowest BCUT2D eigenvalue weighted by Crippen LogP contribution is -2.31. The van der Waals surface area contributed by atoms with E-state index >= 15 is 0 Å². The number of likely N-dealkylation sites (tertiary alicyclic amines) is 1. The van der Waals surface area contributed by atoms with Crippen molar-refractivity contribution in [3.63, 3.8) is 0 Å². The van der Waals surface area contributed by atoms with E-state index in [4.69, 9.17) is 10.00 Å². The molecular formula is C18H17FN4O2. The second-order valence-corrected chi connectivity index (χ2v) is 5.77. The maximum absolute atomic E-state index is 14.2. The first kappa shape index (κ1) is 16.8. The van der Waals surface area contributed by atoms with Crippen LogP contribution in [0.4, 0.5) is 4.39 Å². The summed E-state index contributed by atoms with van der Waals surface area (Å²) in [4.78, 5) is 21.9. The minimum absolute atomic E-state index is 0.0716. The van der Waals surface area contributed by atoms with E-state index in [1.54, 1.807) is 36.1 Å². The molecular weight excluding hydrogens is 323 g/mol. The Morgan fingerprint density at radius 3 is 3.08 bits per heavy atom. The standard InChI is InChI=1S/C18H17FN4O2/c1-2-15-16(19)17(22-11-21-15)25-14-6-7-23(10-14)18(24)13-5-3-4-12(8-13)9-20/h3-5,8,11,14H,2,6-7,10H2,1H3/t14-/m0/s1. The van der Waals surface area contributed by atoms with E-state index in [1.807, 2.05) is 6.07 Å². The van der Waals surface area contributed by atoms with E-state index < -0.39 is 5.82 Å². The highest BCUT2D eigenvalue weighted by Crippen LogP contribution is 2.22. The molecule has 1 aromatic heterocycles. The Hall–Kier alpha value is -3.01. The molecule has 0 radical (unpaired) electrons. The van der Waals surface area contributed by atoms with E-state index in [0.717, 1.165) is 0 Å². The van der Waals surface area contributed by atoms with Crippen molar-refractivity contribution >= 4 is 5.91 Å². The van der Waals surface area contributed by atoms with Crippen LogP contribution in [0.3, 0.4) is 0 Å². The van der Waals surface area contributed by atoms with Crippen LogP contribution >= 0.6 is 0 Å². The molecule has 25 heavy (non-hydrogen) atoms. The van der Waals surface area contributed by atoms with Crippen molar-refractivity contribution in [1.29, 1.82) is 5.26 Å². The summed E-state index contributed by atoms with van der Waals surface area (Å²) in [7, 11) is 0. The Balaban J connectivity index is 1.67. The third-order valence-corrected chi connectivity index (χ3v) is 4.11. The van der Waals surface area contributed by atoms with E-state index in [1.165, 1.54) is 6.33 Å². The highest BCUT2D eigenvalue weighted by atomic mass is 19.1. The summed E-state index contributed by atoms with van der Waals surface area (Å²) in [6.45, 7) is 2.66. The summed E-state index contributed by atoms with van der Waals surface area (Å²) in [5.41, 5.74) is 1.21. The molecule has 1 saturated heterocycles. The molecule has 7 heteroatoms. The van der Waals surface area contributed by atoms with Crippen LogP contribution in [0.15, 0.2) is 30.6 Å². The molecule has 2 heterocycles. The van der Waals surface area contributed by atoms with Gasteiger partial charge in [0, 0.05) is 18.5 Å². The Morgan fingerprint density at radius 2 is 2.32 bits per heavy atom. The summed E-state index contributed by atoms with van der Waals surface area (Å²) < 4.78 is 19.8. The van der Waals surface area contributed by atoms with Gasteiger partial charge in [0.25, 0.3) is 11.8 Å². The summed E-state index contributed by atoms with van der Waals surface area (Å²) in [5, 5.41) is 8.94. The van der Waals surface area contributed by atoms with Gasteiger partial charge in [-0.05, 0) is 24.6 Å². The minimum atomic E-state index is -0.545. The van der Waals surface area contributed by atoms with Crippen LogP contribution in [0.5, 0.6) is 5.88 Å². The quantitative estimate of drug-likeness (QED) is 0.853. The van der Waals surface area contributed by atoms with Gasteiger partial charge in [0.05, 0.1) is 23.9 Å². The summed E-state index contributed by atoms with van der Waals surface area (Å²) >= 11 is 0. The molecule has 1 aliphatic rings. The monoisotopic (exact) mass is 340 g/mol. The maximum atomic E-state index is 14.2. The van der Waals surface area contributed by atoms with Gasteiger partial charge in [-0.25, -0.2) is 4.98 Å². The molecule has 1 fully saturated rings. The van der Waals surface area contributed by atoms with Crippen LogP contribution in [-0.4, -0.2) is 40.0 Å². The lowest BCUT2D eigenvalue weighted by atomic mass is 10.1. The molecule has 128 valence electrons. The third kappa shape index (κ3) is 3.58. The van der Waals surface area contributed by atoms with Crippen molar-refractivity contribution in [2.45, 2.75) is 25.9 Å². The number of carbonyl (C=O) groups excluding carboxylic acids is 1. The fourth-order valence-electron chi connectivity index (χ4n) is 2.79. The summed E-state index contributed by atoms with van der Waals surface area (Å²) in [6, 6.07) is 8.59. The average Bonchev–Trinajstić information content (AvgIpc) is 3.11. The number of ether oxygens (including phenoxy) is 1. The second kappa shape index (κ2) is 7.26. The van der Waals surface area contributed by atoms with Gasteiger partial charge in [0.15, 0.2) is 0 Å². The van der Waals surface area contributed by atoms with Crippen molar-refractivity contribution in [1.82, 2.24) is 14.9 Å². The topological polar surface area (TPSA) is 79.1 Å². The molecule has 0 bridgehead atoms. The smallest absolute Gasteiger partial charge is 0.254 e. The lowest BCUT2D eigenvalue weighted by molar-refractivity contribution is 0.0770. The number of nitriles is 1.